The van der Waals surface area contributed by atoms with Crippen molar-refractivity contribution in [3.8, 4) is 0 Å². The van der Waals surface area contributed by atoms with Crippen LogP contribution in [-0.4, -0.2) is 11.5 Å². The number of nitrogen functional groups attached to an aromatic ring is 1. The van der Waals surface area contributed by atoms with Crippen LogP contribution in [0.25, 0.3) is 0 Å². The van der Waals surface area contributed by atoms with Gasteiger partial charge in [-0.15, -0.1) is 0 Å². The quantitative estimate of drug-likeness (QED) is 0.619. The lowest BCUT2D eigenvalue weighted by Crippen LogP contribution is -2.22. The minimum atomic E-state index is 0.0649. The van der Waals surface area contributed by atoms with E-state index in [0.29, 0.717) is 29.4 Å². The van der Waals surface area contributed by atoms with E-state index in [-0.39, 0.29) is 5.78 Å². The van der Waals surface area contributed by atoms with Gasteiger partial charge in [0.1, 0.15) is 5.71 Å². The van der Waals surface area contributed by atoms with Crippen LogP contribution >= 0.6 is 0 Å². The maximum Gasteiger partial charge on any atom is 0.183 e. The summed E-state index contributed by atoms with van der Waals surface area (Å²) in [7, 11) is 0. The lowest BCUT2D eigenvalue weighted by Gasteiger charge is -2.17. The Labute approximate surface area is 107 Å². The summed E-state index contributed by atoms with van der Waals surface area (Å²) in [6.07, 6.45) is 2.36. The third-order valence-corrected chi connectivity index (χ3v) is 3.18. The van der Waals surface area contributed by atoms with Crippen LogP contribution in [0.3, 0.4) is 0 Å². The average molecular weight is 243 g/mol. The van der Waals surface area contributed by atoms with Crippen LogP contribution in [0, 0.1) is 5.92 Å². The summed E-state index contributed by atoms with van der Waals surface area (Å²) in [6.45, 7) is 4.06. The second-order valence-electron chi connectivity index (χ2n) is 4.61. The van der Waals surface area contributed by atoms with Crippen LogP contribution in [0.4, 0.5) is 11.4 Å². The molecule has 18 heavy (non-hydrogen) atoms. The highest BCUT2D eigenvalue weighted by Crippen LogP contribution is 2.21. The number of para-hydroxylation sites is 2. The molecule has 0 spiro atoms. The van der Waals surface area contributed by atoms with Gasteiger partial charge in [-0.05, 0) is 31.1 Å². The molecule has 1 aliphatic carbocycles. The third kappa shape index (κ3) is 2.59. The molecule has 3 N–H and O–H groups in total. The highest BCUT2D eigenvalue weighted by Gasteiger charge is 2.21. The molecule has 0 saturated carbocycles. The molecule has 0 heterocycles. The number of carbonyl (C=O) groups excluding carboxylic acids is 1. The summed E-state index contributed by atoms with van der Waals surface area (Å²) < 4.78 is 0. The van der Waals surface area contributed by atoms with Gasteiger partial charge in [0.25, 0.3) is 0 Å². The summed E-state index contributed by atoms with van der Waals surface area (Å²) >= 11 is 0. The Bertz CT molecular complexity index is 532. The third-order valence-electron chi connectivity index (χ3n) is 3.18. The van der Waals surface area contributed by atoms with Crippen LogP contribution in [-0.2, 0) is 4.79 Å². The first-order valence-electron chi connectivity index (χ1n) is 5.97. The van der Waals surface area contributed by atoms with E-state index in [1.165, 1.54) is 5.57 Å². The Morgan fingerprint density at radius 3 is 2.83 bits per heavy atom. The normalized spacial score (nSPS) is 21.9. The number of nitrogens with one attached hydrogen (secondary N) is 1. The first-order chi connectivity index (χ1) is 8.58. The molecule has 0 aromatic heterocycles. The SMILES string of the molecule is CC1=CC(=NNc2ccccc2N)C(=O)CC1C. The fraction of sp³-hybridized carbons (Fsp3) is 0.286. The van der Waals surface area contributed by atoms with Crippen molar-refractivity contribution in [1.29, 1.82) is 0 Å². The van der Waals surface area contributed by atoms with E-state index >= 15 is 0 Å². The Morgan fingerprint density at radius 2 is 2.11 bits per heavy atom. The van der Waals surface area contributed by atoms with Gasteiger partial charge in [0.05, 0.1) is 11.4 Å². The van der Waals surface area contributed by atoms with Gasteiger partial charge in [-0.1, -0.05) is 24.6 Å². The van der Waals surface area contributed by atoms with Crippen LogP contribution in [0.1, 0.15) is 20.3 Å². The predicted molar refractivity (Wildman–Crippen MR) is 74.5 cm³/mol. The van der Waals surface area contributed by atoms with Gasteiger partial charge in [-0.3, -0.25) is 10.2 Å². The second kappa shape index (κ2) is 5.04. The van der Waals surface area contributed by atoms with Crippen molar-refractivity contribution in [2.75, 3.05) is 11.2 Å². The summed E-state index contributed by atoms with van der Waals surface area (Å²) in [4.78, 5) is 11.8. The Hall–Kier alpha value is -2.10. The number of anilines is 2. The molecule has 1 unspecified atom stereocenters. The maximum absolute atomic E-state index is 11.8. The van der Waals surface area contributed by atoms with Gasteiger partial charge in [-0.2, -0.15) is 5.10 Å². The Balaban J connectivity index is 2.20. The number of nitrogens with two attached hydrogens (primary N) is 1. The second-order valence-corrected chi connectivity index (χ2v) is 4.61. The number of Topliss-reactive ketones (excluding diaryl/α,β-unsaturated/α-hetero) is 1. The van der Waals surface area contributed by atoms with E-state index in [1.54, 1.807) is 6.07 Å². The van der Waals surface area contributed by atoms with Gasteiger partial charge in [0.15, 0.2) is 5.78 Å². The van der Waals surface area contributed by atoms with E-state index < -0.39 is 0 Å². The number of allylic oxidation sites excluding steroid dienone is 2. The van der Waals surface area contributed by atoms with Crippen LogP contribution < -0.4 is 11.2 Å². The molecule has 4 heteroatoms. The van der Waals surface area contributed by atoms with Crippen molar-refractivity contribution >= 4 is 22.9 Å². The fourth-order valence-electron chi connectivity index (χ4n) is 1.80. The van der Waals surface area contributed by atoms with E-state index in [4.69, 9.17) is 5.73 Å². The van der Waals surface area contributed by atoms with Gasteiger partial charge >= 0.3 is 0 Å². The molecular weight excluding hydrogens is 226 g/mol. The number of benzene rings is 1. The monoisotopic (exact) mass is 243 g/mol. The molecular formula is C14H17N3O. The molecule has 0 bridgehead atoms. The van der Waals surface area contributed by atoms with E-state index in [0.717, 1.165) is 0 Å². The first-order valence-corrected chi connectivity index (χ1v) is 5.97. The topological polar surface area (TPSA) is 67.5 Å². The van der Waals surface area contributed by atoms with Crippen LogP contribution in [0.2, 0.25) is 0 Å². The molecule has 0 aliphatic heterocycles. The van der Waals surface area contributed by atoms with Crippen LogP contribution in [0.5, 0.6) is 0 Å². The molecule has 0 saturated heterocycles. The standard InChI is InChI=1S/C14H17N3O/c1-9-7-13(14(18)8-10(9)2)17-16-12-6-4-3-5-11(12)15/h3-7,10,16H,8,15H2,1-2H3. The van der Waals surface area contributed by atoms with Gasteiger partial charge in [0, 0.05) is 6.42 Å². The summed E-state index contributed by atoms with van der Waals surface area (Å²) in [5.41, 5.74) is 11.6. The summed E-state index contributed by atoms with van der Waals surface area (Å²) in [5.74, 6) is 0.369. The Morgan fingerprint density at radius 1 is 1.39 bits per heavy atom. The van der Waals surface area contributed by atoms with Crippen molar-refractivity contribution in [2.24, 2.45) is 11.0 Å². The lowest BCUT2D eigenvalue weighted by atomic mass is 9.88. The summed E-state index contributed by atoms with van der Waals surface area (Å²) in [5, 5.41) is 4.14. The van der Waals surface area contributed by atoms with Crippen molar-refractivity contribution in [2.45, 2.75) is 20.3 Å². The zero-order valence-corrected chi connectivity index (χ0v) is 10.6. The molecule has 0 radical (unpaired) electrons. The van der Waals surface area contributed by atoms with E-state index in [2.05, 4.69) is 10.5 Å². The highest BCUT2D eigenvalue weighted by atomic mass is 16.1. The lowest BCUT2D eigenvalue weighted by molar-refractivity contribution is -0.113. The molecule has 0 amide bonds. The molecule has 2 rings (SSSR count). The van der Waals surface area contributed by atoms with Crippen molar-refractivity contribution in [1.82, 2.24) is 0 Å². The molecule has 0 fully saturated rings. The van der Waals surface area contributed by atoms with Gasteiger partial charge < -0.3 is 5.73 Å². The minimum absolute atomic E-state index is 0.0649. The number of nitrogens with zero attached hydrogens (tertiary/aromatic N) is 1. The molecule has 1 aromatic rings. The number of ketones is 1. The van der Waals surface area contributed by atoms with Crippen LogP contribution in [0.15, 0.2) is 41.0 Å². The minimum Gasteiger partial charge on any atom is -0.397 e. The molecule has 1 atom stereocenters. The summed E-state index contributed by atoms with van der Waals surface area (Å²) in [6, 6.07) is 7.33. The predicted octanol–water partition coefficient (Wildman–Crippen LogP) is 2.59. The smallest absolute Gasteiger partial charge is 0.183 e. The number of carbonyl (C=O) groups is 1. The number of hydrogen-bond donors (Lipinski definition) is 2. The number of rotatable bonds is 2. The molecule has 1 aliphatic rings. The first kappa shape index (κ1) is 12.4. The average Bonchev–Trinajstić information content (AvgIpc) is 2.34. The zero-order chi connectivity index (χ0) is 13.1. The molecule has 1 aromatic carbocycles. The molecule has 94 valence electrons. The number of hydrazone groups is 1. The largest absolute Gasteiger partial charge is 0.397 e. The fourth-order valence-corrected chi connectivity index (χ4v) is 1.80. The van der Waals surface area contributed by atoms with E-state index in [1.807, 2.05) is 38.1 Å². The number of hydrogen-bond acceptors (Lipinski definition) is 4. The van der Waals surface area contributed by atoms with E-state index in [9.17, 15) is 4.79 Å². The maximum atomic E-state index is 11.8. The molecule has 4 nitrogen and oxygen atoms in total. The van der Waals surface area contributed by atoms with Gasteiger partial charge in [-0.25, -0.2) is 0 Å². The van der Waals surface area contributed by atoms with Gasteiger partial charge in [0.2, 0.25) is 0 Å². The Kier molecular flexibility index (Phi) is 3.46. The zero-order valence-electron chi connectivity index (χ0n) is 10.6. The highest BCUT2D eigenvalue weighted by molar-refractivity contribution is 6.45. The van der Waals surface area contributed by atoms with Crippen molar-refractivity contribution in [3.05, 3.63) is 35.9 Å². The van der Waals surface area contributed by atoms with Crippen molar-refractivity contribution in [3.63, 3.8) is 0 Å². The van der Waals surface area contributed by atoms with Crippen molar-refractivity contribution < 1.29 is 4.79 Å².